The van der Waals surface area contributed by atoms with E-state index in [4.69, 9.17) is 14.2 Å². The second kappa shape index (κ2) is 6.96. The summed E-state index contributed by atoms with van der Waals surface area (Å²) in [5.74, 6) is 1.65. The summed E-state index contributed by atoms with van der Waals surface area (Å²) in [6.07, 6.45) is 4.32. The molecule has 1 aliphatic carbocycles. The summed E-state index contributed by atoms with van der Waals surface area (Å²) in [6, 6.07) is 7.57. The third-order valence-electron chi connectivity index (χ3n) is 5.38. The Morgan fingerprint density at radius 1 is 1.24 bits per heavy atom. The summed E-state index contributed by atoms with van der Waals surface area (Å²) in [5, 5.41) is 0. The Morgan fingerprint density at radius 3 is 2.64 bits per heavy atom. The van der Waals surface area contributed by atoms with Crippen molar-refractivity contribution in [2.45, 2.75) is 44.3 Å². The van der Waals surface area contributed by atoms with E-state index < -0.39 is 0 Å². The molecule has 2 aliphatic heterocycles. The van der Waals surface area contributed by atoms with Crippen LogP contribution < -0.4 is 4.74 Å². The van der Waals surface area contributed by atoms with Gasteiger partial charge in [0.2, 0.25) is 0 Å². The first kappa shape index (κ1) is 16.9. The number of nitrogens with zero attached hydrogens (tertiary/aromatic N) is 1. The highest BCUT2D eigenvalue weighted by Gasteiger charge is 2.42. The second-order valence-electron chi connectivity index (χ2n) is 7.69. The smallest absolute Gasteiger partial charge is 0.254 e. The van der Waals surface area contributed by atoms with Crippen LogP contribution in [-0.4, -0.2) is 55.4 Å². The van der Waals surface area contributed by atoms with E-state index in [9.17, 15) is 4.79 Å². The lowest BCUT2D eigenvalue weighted by atomic mass is 9.91. The molecule has 0 bridgehead atoms. The van der Waals surface area contributed by atoms with Gasteiger partial charge in [0.25, 0.3) is 5.91 Å². The van der Waals surface area contributed by atoms with Gasteiger partial charge in [-0.1, -0.05) is 0 Å². The van der Waals surface area contributed by atoms with E-state index in [1.54, 1.807) is 0 Å². The van der Waals surface area contributed by atoms with E-state index in [0.29, 0.717) is 26.3 Å². The molecular weight excluding hydrogens is 318 g/mol. The lowest BCUT2D eigenvalue weighted by Crippen LogP contribution is -2.58. The zero-order chi connectivity index (χ0) is 17.3. The largest absolute Gasteiger partial charge is 0.493 e. The van der Waals surface area contributed by atoms with Gasteiger partial charge in [0.15, 0.2) is 0 Å². The topological polar surface area (TPSA) is 48.0 Å². The van der Waals surface area contributed by atoms with Crippen LogP contribution in [0.4, 0.5) is 0 Å². The van der Waals surface area contributed by atoms with E-state index in [1.807, 2.05) is 36.1 Å². The number of hydrogen-bond donors (Lipinski definition) is 0. The number of benzene rings is 1. The molecule has 1 atom stereocenters. The zero-order valence-electron chi connectivity index (χ0n) is 14.9. The van der Waals surface area contributed by atoms with Gasteiger partial charge in [-0.3, -0.25) is 4.79 Å². The lowest BCUT2D eigenvalue weighted by Gasteiger charge is -2.47. The van der Waals surface area contributed by atoms with Crippen LogP contribution >= 0.6 is 0 Å². The Balaban J connectivity index is 1.41. The van der Waals surface area contributed by atoms with Gasteiger partial charge in [0, 0.05) is 38.2 Å². The number of rotatable bonds is 4. The molecule has 1 aromatic rings. The van der Waals surface area contributed by atoms with E-state index in [2.05, 4.69) is 0 Å². The maximum Gasteiger partial charge on any atom is 0.254 e. The molecule has 2 saturated heterocycles. The third-order valence-corrected chi connectivity index (χ3v) is 5.38. The van der Waals surface area contributed by atoms with Crippen LogP contribution in [0.25, 0.3) is 0 Å². The van der Waals surface area contributed by atoms with Gasteiger partial charge in [-0.05, 0) is 49.9 Å². The van der Waals surface area contributed by atoms with Crippen LogP contribution in [0.5, 0.6) is 5.75 Å². The van der Waals surface area contributed by atoms with Crippen LogP contribution in [0.15, 0.2) is 24.3 Å². The molecule has 25 heavy (non-hydrogen) atoms. The predicted molar refractivity (Wildman–Crippen MR) is 93.9 cm³/mol. The molecule has 4 rings (SSSR count). The molecule has 0 radical (unpaired) electrons. The number of carbonyl (C=O) groups excluding carboxylic acids is 1. The Labute approximate surface area is 149 Å². The maximum atomic E-state index is 13.0. The van der Waals surface area contributed by atoms with Gasteiger partial charge >= 0.3 is 0 Å². The molecule has 1 aromatic carbocycles. The van der Waals surface area contributed by atoms with Crippen molar-refractivity contribution in [3.8, 4) is 5.75 Å². The number of morpholine rings is 1. The van der Waals surface area contributed by atoms with Crippen LogP contribution in [0, 0.1) is 5.92 Å². The quantitative estimate of drug-likeness (QED) is 0.842. The van der Waals surface area contributed by atoms with E-state index in [1.165, 1.54) is 12.8 Å². The molecule has 136 valence electrons. The zero-order valence-corrected chi connectivity index (χ0v) is 14.9. The molecule has 0 N–H and O–H groups in total. The van der Waals surface area contributed by atoms with Crippen molar-refractivity contribution < 1.29 is 19.0 Å². The first-order valence-corrected chi connectivity index (χ1v) is 9.41. The first-order valence-electron chi connectivity index (χ1n) is 9.41. The minimum Gasteiger partial charge on any atom is -0.493 e. The van der Waals surface area contributed by atoms with E-state index in [0.717, 1.165) is 36.7 Å². The molecule has 2 heterocycles. The van der Waals surface area contributed by atoms with E-state index in [-0.39, 0.29) is 17.6 Å². The predicted octanol–water partition coefficient (Wildman–Crippen LogP) is 2.89. The molecule has 3 aliphatic rings. The van der Waals surface area contributed by atoms with Crippen LogP contribution in [0.3, 0.4) is 0 Å². The summed E-state index contributed by atoms with van der Waals surface area (Å²) in [4.78, 5) is 14.9. The van der Waals surface area contributed by atoms with Gasteiger partial charge in [0.05, 0.1) is 24.9 Å². The molecule has 0 aromatic heterocycles. The average molecular weight is 345 g/mol. The number of hydrogen-bond acceptors (Lipinski definition) is 4. The fraction of sp³-hybridized carbons (Fsp3) is 0.650. The van der Waals surface area contributed by atoms with Crippen molar-refractivity contribution in [2.24, 2.45) is 5.92 Å². The highest BCUT2D eigenvalue weighted by Crippen LogP contribution is 2.32. The van der Waals surface area contributed by atoms with Crippen LogP contribution in [-0.2, 0) is 9.47 Å². The normalized spacial score (nSPS) is 25.8. The second-order valence-corrected chi connectivity index (χ2v) is 7.69. The standard InChI is InChI=1S/C20H27NO4/c1-15-12-21(14-20(25-15)8-10-23-11-9-20)19(22)17-4-6-18(7-5-17)24-13-16-2-3-16/h4-7,15-16H,2-3,8-14H2,1H3. The minimum atomic E-state index is -0.237. The molecule has 3 fully saturated rings. The molecule has 1 saturated carbocycles. The number of carbonyl (C=O) groups is 1. The molecule has 1 unspecified atom stereocenters. The number of ether oxygens (including phenoxy) is 3. The van der Waals surface area contributed by atoms with E-state index >= 15 is 0 Å². The fourth-order valence-electron chi connectivity index (χ4n) is 3.77. The van der Waals surface area contributed by atoms with Crippen molar-refractivity contribution in [3.63, 3.8) is 0 Å². The number of amides is 1. The minimum absolute atomic E-state index is 0.0527. The summed E-state index contributed by atoms with van der Waals surface area (Å²) < 4.78 is 17.4. The molecule has 5 nitrogen and oxygen atoms in total. The van der Waals surface area contributed by atoms with Gasteiger partial charge < -0.3 is 19.1 Å². The summed E-state index contributed by atoms with van der Waals surface area (Å²) in [7, 11) is 0. The van der Waals surface area contributed by atoms with Crippen molar-refractivity contribution >= 4 is 5.91 Å². The third kappa shape index (κ3) is 3.98. The fourth-order valence-corrected chi connectivity index (χ4v) is 3.77. The van der Waals surface area contributed by atoms with Gasteiger partial charge in [-0.2, -0.15) is 0 Å². The summed E-state index contributed by atoms with van der Waals surface area (Å²) in [6.45, 7) is 5.55. The summed E-state index contributed by atoms with van der Waals surface area (Å²) in [5.41, 5.74) is 0.480. The Hall–Kier alpha value is -1.59. The molecule has 5 heteroatoms. The first-order chi connectivity index (χ1) is 12.1. The lowest BCUT2D eigenvalue weighted by molar-refractivity contribution is -0.176. The Morgan fingerprint density at radius 2 is 1.96 bits per heavy atom. The van der Waals surface area contributed by atoms with Gasteiger partial charge in [-0.15, -0.1) is 0 Å². The highest BCUT2D eigenvalue weighted by molar-refractivity contribution is 5.94. The van der Waals surface area contributed by atoms with Crippen molar-refractivity contribution in [2.75, 3.05) is 32.9 Å². The summed E-state index contributed by atoms with van der Waals surface area (Å²) >= 11 is 0. The van der Waals surface area contributed by atoms with Crippen molar-refractivity contribution in [3.05, 3.63) is 29.8 Å². The Bertz CT molecular complexity index is 605. The van der Waals surface area contributed by atoms with Crippen LogP contribution in [0.1, 0.15) is 43.0 Å². The maximum absolute atomic E-state index is 13.0. The van der Waals surface area contributed by atoms with Crippen molar-refractivity contribution in [1.82, 2.24) is 4.90 Å². The molecule has 1 amide bonds. The highest BCUT2D eigenvalue weighted by atomic mass is 16.5. The van der Waals surface area contributed by atoms with Crippen molar-refractivity contribution in [1.29, 1.82) is 0 Å². The van der Waals surface area contributed by atoms with Gasteiger partial charge in [-0.25, -0.2) is 0 Å². The SMILES string of the molecule is CC1CN(C(=O)c2ccc(OCC3CC3)cc2)CC2(CCOCC2)O1. The van der Waals surface area contributed by atoms with Crippen LogP contribution in [0.2, 0.25) is 0 Å². The average Bonchev–Trinajstić information content (AvgIpc) is 3.44. The Kier molecular flexibility index (Phi) is 4.69. The van der Waals surface area contributed by atoms with Gasteiger partial charge in [0.1, 0.15) is 5.75 Å². The molecule has 1 spiro atoms. The molecular formula is C20H27NO4. The monoisotopic (exact) mass is 345 g/mol.